The Hall–Kier alpha value is -1.20. The lowest BCUT2D eigenvalue weighted by Gasteiger charge is -2.30. The van der Waals surface area contributed by atoms with Crippen LogP contribution in [0.2, 0.25) is 0 Å². The number of carbonyl (C=O) groups excluding carboxylic acids is 2. The van der Waals surface area contributed by atoms with Crippen LogP contribution >= 0.6 is 0 Å². The van der Waals surface area contributed by atoms with Gasteiger partial charge in [-0.3, -0.25) is 14.5 Å². The van der Waals surface area contributed by atoms with E-state index in [0.29, 0.717) is 0 Å². The number of ether oxygens (including phenoxy) is 2. The second kappa shape index (κ2) is 5.20. The molecular weight excluding hydrogens is 234 g/mol. The van der Waals surface area contributed by atoms with Gasteiger partial charge in [0.05, 0.1) is 12.5 Å². The van der Waals surface area contributed by atoms with Crippen LogP contribution in [0.1, 0.15) is 26.7 Å². The summed E-state index contributed by atoms with van der Waals surface area (Å²) in [5.41, 5.74) is 0. The third-order valence-corrected chi connectivity index (χ3v) is 3.68. The molecule has 5 heteroatoms. The molecule has 0 spiro atoms. The van der Waals surface area contributed by atoms with E-state index in [2.05, 4.69) is 6.92 Å². The van der Waals surface area contributed by atoms with Crippen LogP contribution in [0, 0.1) is 5.92 Å². The van der Waals surface area contributed by atoms with E-state index in [4.69, 9.17) is 9.47 Å². The smallest absolute Gasteiger partial charge is 0.236 e. The fourth-order valence-electron chi connectivity index (χ4n) is 2.65. The molecule has 2 aliphatic heterocycles. The summed E-state index contributed by atoms with van der Waals surface area (Å²) in [5.74, 6) is -0.161. The van der Waals surface area contributed by atoms with Crippen molar-refractivity contribution in [1.82, 2.24) is 4.90 Å². The minimum atomic E-state index is -0.424. The van der Waals surface area contributed by atoms with Crippen molar-refractivity contribution < 1.29 is 19.1 Å². The van der Waals surface area contributed by atoms with Crippen molar-refractivity contribution in [3.63, 3.8) is 0 Å². The Balaban J connectivity index is 2.19. The molecule has 4 atom stereocenters. The van der Waals surface area contributed by atoms with Gasteiger partial charge in [0, 0.05) is 19.2 Å². The van der Waals surface area contributed by atoms with Gasteiger partial charge >= 0.3 is 0 Å². The topological polar surface area (TPSA) is 55.8 Å². The molecule has 0 aromatic carbocycles. The van der Waals surface area contributed by atoms with Gasteiger partial charge in [-0.1, -0.05) is 13.8 Å². The standard InChI is InChI=1S/C13H19NO4/c1-4-10-8(2)12(17-3)13(18-10)14-6-5-9(15)7-11(14)16/h5-6,8,10,12-13H,4,7H2,1-3H3/t8-,10-,12-,13-/m1/s1. The van der Waals surface area contributed by atoms with Gasteiger partial charge in [-0.25, -0.2) is 0 Å². The molecule has 0 unspecified atom stereocenters. The van der Waals surface area contributed by atoms with E-state index in [9.17, 15) is 9.59 Å². The van der Waals surface area contributed by atoms with Gasteiger partial charge in [0.1, 0.15) is 6.10 Å². The minimum Gasteiger partial charge on any atom is -0.376 e. The van der Waals surface area contributed by atoms with Crippen LogP contribution in [0.25, 0.3) is 0 Å². The summed E-state index contributed by atoms with van der Waals surface area (Å²) < 4.78 is 11.3. The van der Waals surface area contributed by atoms with Gasteiger partial charge in [-0.15, -0.1) is 0 Å². The van der Waals surface area contributed by atoms with Crippen LogP contribution in [0.15, 0.2) is 12.3 Å². The molecule has 2 rings (SSSR count). The second-order valence-corrected chi connectivity index (χ2v) is 4.79. The van der Waals surface area contributed by atoms with Crippen molar-refractivity contribution in [3.8, 4) is 0 Å². The first-order valence-corrected chi connectivity index (χ1v) is 6.29. The highest BCUT2D eigenvalue weighted by molar-refractivity contribution is 6.06. The molecule has 0 aromatic heterocycles. The van der Waals surface area contributed by atoms with Gasteiger partial charge in [-0.05, 0) is 12.5 Å². The van der Waals surface area contributed by atoms with E-state index < -0.39 is 6.23 Å². The van der Waals surface area contributed by atoms with Gasteiger partial charge in [0.25, 0.3) is 0 Å². The Bertz CT molecular complexity index is 379. The quantitative estimate of drug-likeness (QED) is 0.706. The van der Waals surface area contributed by atoms with Crippen molar-refractivity contribution in [1.29, 1.82) is 0 Å². The molecule has 5 nitrogen and oxygen atoms in total. The second-order valence-electron chi connectivity index (χ2n) is 4.79. The van der Waals surface area contributed by atoms with E-state index in [1.165, 1.54) is 17.2 Å². The number of methoxy groups -OCH3 is 1. The summed E-state index contributed by atoms with van der Waals surface area (Å²) >= 11 is 0. The lowest BCUT2D eigenvalue weighted by Crippen LogP contribution is -2.45. The summed E-state index contributed by atoms with van der Waals surface area (Å²) in [7, 11) is 1.62. The van der Waals surface area contributed by atoms with Gasteiger partial charge in [0.15, 0.2) is 12.0 Å². The molecule has 0 aromatic rings. The number of carbonyl (C=O) groups is 2. The molecule has 0 N–H and O–H groups in total. The van der Waals surface area contributed by atoms with E-state index in [0.717, 1.165) is 6.42 Å². The lowest BCUT2D eigenvalue weighted by atomic mass is 9.98. The zero-order valence-electron chi connectivity index (χ0n) is 11.0. The summed E-state index contributed by atoms with van der Waals surface area (Å²) in [6.07, 6.45) is 3.22. The van der Waals surface area contributed by atoms with Gasteiger partial charge in [-0.2, -0.15) is 0 Å². The average Bonchev–Trinajstić information content (AvgIpc) is 2.65. The van der Waals surface area contributed by atoms with Crippen molar-refractivity contribution in [2.24, 2.45) is 5.92 Å². The Morgan fingerprint density at radius 3 is 2.78 bits per heavy atom. The maximum absolute atomic E-state index is 11.9. The highest BCUT2D eigenvalue weighted by Gasteiger charge is 2.45. The minimum absolute atomic E-state index is 0.0822. The molecule has 0 saturated carbocycles. The zero-order chi connectivity index (χ0) is 13.3. The maximum Gasteiger partial charge on any atom is 0.236 e. The largest absolute Gasteiger partial charge is 0.376 e. The maximum atomic E-state index is 11.9. The first kappa shape index (κ1) is 13.2. The first-order chi connectivity index (χ1) is 8.58. The Kier molecular flexibility index (Phi) is 3.82. The van der Waals surface area contributed by atoms with E-state index in [-0.39, 0.29) is 36.2 Å². The van der Waals surface area contributed by atoms with Crippen molar-refractivity contribution in [2.45, 2.75) is 45.1 Å². The SMILES string of the molecule is CC[C@H]1O[C@@H](N2C=CC(=O)CC2=O)[C@H](OC)[C@@H]1C. The molecular formula is C13H19NO4. The third kappa shape index (κ3) is 2.20. The normalized spacial score (nSPS) is 36.5. The predicted molar refractivity (Wildman–Crippen MR) is 64.5 cm³/mol. The molecule has 0 aliphatic carbocycles. The van der Waals surface area contributed by atoms with Crippen LogP contribution in [0.5, 0.6) is 0 Å². The summed E-state index contributed by atoms with van der Waals surface area (Å²) in [4.78, 5) is 24.5. The number of hydrogen-bond acceptors (Lipinski definition) is 4. The number of rotatable bonds is 3. The number of allylic oxidation sites excluding steroid dienone is 1. The Morgan fingerprint density at radius 2 is 2.22 bits per heavy atom. The first-order valence-electron chi connectivity index (χ1n) is 6.29. The monoisotopic (exact) mass is 253 g/mol. The molecule has 2 heterocycles. The molecule has 1 saturated heterocycles. The summed E-state index contributed by atoms with van der Waals surface area (Å²) in [6, 6.07) is 0. The molecule has 2 aliphatic rings. The van der Waals surface area contributed by atoms with Crippen molar-refractivity contribution in [2.75, 3.05) is 7.11 Å². The summed E-state index contributed by atoms with van der Waals surface area (Å²) in [6.45, 7) is 4.11. The zero-order valence-corrected chi connectivity index (χ0v) is 11.0. The lowest BCUT2D eigenvalue weighted by molar-refractivity contribution is -0.148. The van der Waals surface area contributed by atoms with E-state index in [1.807, 2.05) is 6.92 Å². The van der Waals surface area contributed by atoms with Crippen LogP contribution in [-0.2, 0) is 19.1 Å². The molecule has 0 bridgehead atoms. The van der Waals surface area contributed by atoms with Gasteiger partial charge in [0.2, 0.25) is 5.91 Å². The Morgan fingerprint density at radius 1 is 1.50 bits per heavy atom. The van der Waals surface area contributed by atoms with E-state index in [1.54, 1.807) is 7.11 Å². The summed E-state index contributed by atoms with van der Waals surface area (Å²) in [5, 5.41) is 0. The van der Waals surface area contributed by atoms with Gasteiger partial charge < -0.3 is 9.47 Å². The number of nitrogens with zero attached hydrogens (tertiary/aromatic N) is 1. The third-order valence-electron chi connectivity index (χ3n) is 3.68. The highest BCUT2D eigenvalue weighted by Crippen LogP contribution is 2.33. The van der Waals surface area contributed by atoms with Crippen LogP contribution in [0.4, 0.5) is 0 Å². The highest BCUT2D eigenvalue weighted by atomic mass is 16.6. The predicted octanol–water partition coefficient (Wildman–Crippen LogP) is 1.09. The van der Waals surface area contributed by atoms with Crippen molar-refractivity contribution >= 4 is 11.7 Å². The van der Waals surface area contributed by atoms with Crippen LogP contribution in [0.3, 0.4) is 0 Å². The molecule has 18 heavy (non-hydrogen) atoms. The molecule has 0 radical (unpaired) electrons. The fourth-order valence-corrected chi connectivity index (χ4v) is 2.65. The number of ketones is 1. The molecule has 1 amide bonds. The average molecular weight is 253 g/mol. The molecule has 1 fully saturated rings. The van der Waals surface area contributed by atoms with Crippen molar-refractivity contribution in [3.05, 3.63) is 12.3 Å². The number of hydrogen-bond donors (Lipinski definition) is 0. The fraction of sp³-hybridized carbons (Fsp3) is 0.692. The number of amides is 1. The molecule has 100 valence electrons. The van der Waals surface area contributed by atoms with Crippen LogP contribution in [-0.4, -0.2) is 42.1 Å². The Labute approximate surface area is 107 Å². The van der Waals surface area contributed by atoms with E-state index >= 15 is 0 Å². The van der Waals surface area contributed by atoms with Crippen LogP contribution < -0.4 is 0 Å².